The van der Waals surface area contributed by atoms with Crippen LogP contribution in [0.15, 0.2) is 0 Å². The Morgan fingerprint density at radius 3 is 1.34 bits per heavy atom. The van der Waals surface area contributed by atoms with Crippen LogP contribution in [0.5, 0.6) is 0 Å². The summed E-state index contributed by atoms with van der Waals surface area (Å²) in [6, 6.07) is 0. The SMILES string of the molecule is COC(=O)[C@]1(C)CCC[C@@]2(C)[C@@H]3C[C@@H]4CC[C@@]3(CC[C@@H]21)[C@H](O)[C@H]4CSSC[C@H]1[C@H]2CC[C@@]3(CC[C@H]4[C@@](C)(CCC[C@@]4(C)C(=O)OC)[C@@H]3C2)[C@@H]1O. The van der Waals surface area contributed by atoms with E-state index in [0.717, 1.165) is 75.7 Å². The molecule has 16 atom stereocenters. The van der Waals surface area contributed by atoms with E-state index in [9.17, 15) is 19.8 Å². The number of esters is 2. The van der Waals surface area contributed by atoms with Crippen molar-refractivity contribution in [1.82, 2.24) is 0 Å². The quantitative estimate of drug-likeness (QED) is 0.153. The zero-order valence-corrected chi connectivity index (χ0v) is 33.5. The van der Waals surface area contributed by atoms with E-state index in [0.29, 0.717) is 47.3 Å². The molecule has 10 aliphatic carbocycles. The molecule has 50 heavy (non-hydrogen) atoms. The lowest BCUT2D eigenvalue weighted by atomic mass is 9.35. The third-order valence-electron chi connectivity index (χ3n) is 18.9. The molecule has 2 N–H and O–H groups in total. The molecule has 0 heterocycles. The van der Waals surface area contributed by atoms with Gasteiger partial charge in [-0.3, -0.25) is 9.59 Å². The average Bonchev–Trinajstić information content (AvgIpc) is 3.11. The first kappa shape index (κ1) is 36.5. The van der Waals surface area contributed by atoms with E-state index in [2.05, 4.69) is 27.7 Å². The van der Waals surface area contributed by atoms with Crippen LogP contribution in [0.2, 0.25) is 0 Å². The molecule has 0 aromatic carbocycles. The van der Waals surface area contributed by atoms with Crippen molar-refractivity contribution in [2.24, 2.45) is 79.8 Å². The smallest absolute Gasteiger partial charge is 0.311 e. The summed E-state index contributed by atoms with van der Waals surface area (Å²) in [6.07, 6.45) is 17.2. The second kappa shape index (κ2) is 12.5. The summed E-state index contributed by atoms with van der Waals surface area (Å²) in [6.45, 7) is 9.29. The Balaban J connectivity index is 0.915. The Morgan fingerprint density at radius 2 is 0.960 bits per heavy atom. The summed E-state index contributed by atoms with van der Waals surface area (Å²) >= 11 is 0. The second-order valence-electron chi connectivity index (χ2n) is 20.1. The maximum Gasteiger partial charge on any atom is 0.311 e. The van der Waals surface area contributed by atoms with Gasteiger partial charge in [0.2, 0.25) is 0 Å². The number of carbonyl (C=O) groups is 2. The van der Waals surface area contributed by atoms with Crippen molar-refractivity contribution < 1.29 is 29.3 Å². The Labute approximate surface area is 309 Å². The second-order valence-corrected chi connectivity index (χ2v) is 22.7. The number of methoxy groups -OCH3 is 2. The number of fused-ring (bicyclic) bond motifs is 6. The van der Waals surface area contributed by atoms with Gasteiger partial charge in [-0.25, -0.2) is 0 Å². The Hall–Kier alpha value is -0.440. The zero-order chi connectivity index (χ0) is 35.5. The number of ether oxygens (including phenoxy) is 2. The zero-order valence-electron chi connectivity index (χ0n) is 31.8. The largest absolute Gasteiger partial charge is 0.469 e. The van der Waals surface area contributed by atoms with Crippen molar-refractivity contribution >= 4 is 33.5 Å². The summed E-state index contributed by atoms with van der Waals surface area (Å²) in [7, 11) is 7.05. The lowest BCUT2D eigenvalue weighted by Crippen LogP contribution is -2.67. The number of rotatable bonds is 7. The Kier molecular flexibility index (Phi) is 9.17. The van der Waals surface area contributed by atoms with Crippen molar-refractivity contribution in [3.05, 3.63) is 0 Å². The van der Waals surface area contributed by atoms with Crippen molar-refractivity contribution in [1.29, 1.82) is 0 Å². The van der Waals surface area contributed by atoms with Crippen LogP contribution in [0.1, 0.15) is 130 Å². The van der Waals surface area contributed by atoms with Gasteiger partial charge in [-0.05, 0) is 173 Å². The van der Waals surface area contributed by atoms with Crippen molar-refractivity contribution in [2.75, 3.05) is 25.7 Å². The van der Waals surface area contributed by atoms with Crippen LogP contribution in [0.3, 0.4) is 0 Å². The first-order chi connectivity index (χ1) is 23.7. The first-order valence-electron chi connectivity index (χ1n) is 20.5. The van der Waals surface area contributed by atoms with Gasteiger partial charge in [-0.1, -0.05) is 48.3 Å². The van der Waals surface area contributed by atoms with Crippen LogP contribution >= 0.6 is 21.6 Å². The molecule has 10 aliphatic rings. The van der Waals surface area contributed by atoms with Crippen LogP contribution in [-0.2, 0) is 19.1 Å². The minimum atomic E-state index is -0.406. The van der Waals surface area contributed by atoms with Gasteiger partial charge in [0.05, 0.1) is 37.3 Å². The molecule has 0 aromatic rings. The number of hydrogen-bond donors (Lipinski definition) is 2. The molecule has 6 nitrogen and oxygen atoms in total. The molecule has 10 saturated carbocycles. The van der Waals surface area contributed by atoms with E-state index in [-0.39, 0.29) is 45.8 Å². The molecule has 10 rings (SSSR count). The molecule has 8 heteroatoms. The fourth-order valence-corrected chi connectivity index (χ4v) is 19.5. The lowest BCUT2D eigenvalue weighted by molar-refractivity contribution is -0.242. The van der Waals surface area contributed by atoms with Crippen molar-refractivity contribution in [3.8, 4) is 0 Å². The van der Waals surface area contributed by atoms with E-state index < -0.39 is 10.8 Å². The number of aliphatic hydroxyl groups is 2. The van der Waals surface area contributed by atoms with E-state index >= 15 is 0 Å². The molecule has 0 amide bonds. The fraction of sp³-hybridized carbons (Fsp3) is 0.952. The third-order valence-corrected chi connectivity index (χ3v) is 21.4. The minimum absolute atomic E-state index is 0.00480. The van der Waals surface area contributed by atoms with Crippen molar-refractivity contribution in [2.45, 2.75) is 143 Å². The Bertz CT molecular complexity index is 1260. The normalized spacial score (nSPS) is 54.9. The Morgan fingerprint density at radius 1 is 0.580 bits per heavy atom. The topological polar surface area (TPSA) is 93.1 Å². The van der Waals surface area contributed by atoms with Gasteiger partial charge in [-0.2, -0.15) is 0 Å². The van der Waals surface area contributed by atoms with E-state index in [1.54, 1.807) is 14.2 Å². The first-order valence-corrected chi connectivity index (χ1v) is 23.0. The van der Waals surface area contributed by atoms with Gasteiger partial charge in [0.25, 0.3) is 0 Å². The predicted molar refractivity (Wildman–Crippen MR) is 200 cm³/mol. The molecule has 4 bridgehead atoms. The highest BCUT2D eigenvalue weighted by Crippen LogP contribution is 2.74. The molecule has 10 fully saturated rings. The van der Waals surface area contributed by atoms with Gasteiger partial charge in [0.1, 0.15) is 0 Å². The third kappa shape index (κ3) is 4.80. The highest BCUT2D eigenvalue weighted by Gasteiger charge is 2.70. The summed E-state index contributed by atoms with van der Waals surface area (Å²) in [5.41, 5.74) is -0.644. The molecule has 0 saturated heterocycles. The van der Waals surface area contributed by atoms with Crippen LogP contribution in [0.25, 0.3) is 0 Å². The molecular weight excluding hydrogens is 665 g/mol. The highest BCUT2D eigenvalue weighted by molar-refractivity contribution is 8.76. The maximum absolute atomic E-state index is 13.1. The molecule has 0 unspecified atom stereocenters. The molecule has 2 spiro atoms. The average molecular weight is 731 g/mol. The number of hydrogen-bond acceptors (Lipinski definition) is 8. The summed E-state index contributed by atoms with van der Waals surface area (Å²) in [4.78, 5) is 26.3. The van der Waals surface area contributed by atoms with Gasteiger partial charge < -0.3 is 19.7 Å². The van der Waals surface area contributed by atoms with E-state index in [1.807, 2.05) is 21.6 Å². The van der Waals surface area contributed by atoms with Crippen LogP contribution in [0, 0.1) is 79.8 Å². The van der Waals surface area contributed by atoms with Gasteiger partial charge in [0.15, 0.2) is 0 Å². The molecule has 282 valence electrons. The summed E-state index contributed by atoms with van der Waals surface area (Å²) in [5.74, 6) is 5.41. The summed E-state index contributed by atoms with van der Waals surface area (Å²) < 4.78 is 10.8. The summed E-state index contributed by atoms with van der Waals surface area (Å²) in [5, 5.41) is 24.5. The lowest BCUT2D eigenvalue weighted by Gasteiger charge is -2.70. The van der Waals surface area contributed by atoms with Gasteiger partial charge in [0, 0.05) is 11.5 Å². The maximum atomic E-state index is 13.1. The standard InChI is InChI=1S/C42H66O6S2/c1-37-13-7-15-39(3,35(45)47-5)29(37)11-19-41-17-9-25(21-31(37)41)27(33(41)43)23-49-50-24-28-26-10-18-42(34(28)44)20-12-30-38(2,32(42)22-26)14-8-16-40(30,4)36(46)48-6/h25-34,43-44H,7-24H2,1-6H3/t25-,26-,27-,28-,29-,30-,31-,32-,33+,34+,37+,38+,39+,40+,41-,42-/m0/s1. The molecule has 0 radical (unpaired) electrons. The number of aliphatic hydroxyl groups excluding tert-OH is 2. The fourth-order valence-electron chi connectivity index (χ4n) is 16.6. The van der Waals surface area contributed by atoms with Gasteiger partial charge in [-0.15, -0.1) is 0 Å². The molecule has 0 aliphatic heterocycles. The van der Waals surface area contributed by atoms with Crippen LogP contribution in [0.4, 0.5) is 0 Å². The van der Waals surface area contributed by atoms with Crippen LogP contribution < -0.4 is 0 Å². The number of carbonyl (C=O) groups excluding carboxylic acids is 2. The predicted octanol–water partition coefficient (Wildman–Crippen LogP) is 8.71. The molecular formula is C42H66O6S2. The van der Waals surface area contributed by atoms with E-state index in [1.165, 1.54) is 38.5 Å². The molecule has 0 aromatic heterocycles. The highest BCUT2D eigenvalue weighted by atomic mass is 33.1. The van der Waals surface area contributed by atoms with Gasteiger partial charge >= 0.3 is 11.9 Å². The van der Waals surface area contributed by atoms with Crippen LogP contribution in [-0.4, -0.2) is 60.1 Å². The minimum Gasteiger partial charge on any atom is -0.469 e. The van der Waals surface area contributed by atoms with E-state index in [4.69, 9.17) is 9.47 Å². The monoisotopic (exact) mass is 730 g/mol. The van der Waals surface area contributed by atoms with Crippen molar-refractivity contribution in [3.63, 3.8) is 0 Å².